The maximum absolute atomic E-state index is 6.45. The molecule has 0 aliphatic rings. The van der Waals surface area contributed by atoms with E-state index in [4.69, 9.17) is 17.3 Å². The molecule has 0 radical (unpaired) electrons. The Hall–Kier alpha value is -1.35. The van der Waals surface area contributed by atoms with Crippen LogP contribution in [0.2, 0.25) is 5.02 Å². The van der Waals surface area contributed by atoms with Gasteiger partial charge in [0.2, 0.25) is 0 Å². The normalized spacial score (nSPS) is 12.8. The van der Waals surface area contributed by atoms with Gasteiger partial charge in [0.05, 0.1) is 11.1 Å². The van der Waals surface area contributed by atoms with Crippen LogP contribution >= 0.6 is 22.9 Å². The Kier molecular flexibility index (Phi) is 3.31. The summed E-state index contributed by atoms with van der Waals surface area (Å²) < 4.78 is 0. The first kappa shape index (κ1) is 12.7. The molecule has 19 heavy (non-hydrogen) atoms. The molecule has 1 atom stereocenters. The summed E-state index contributed by atoms with van der Waals surface area (Å²) in [7, 11) is 0. The van der Waals surface area contributed by atoms with Crippen molar-refractivity contribution in [2.75, 3.05) is 0 Å². The fourth-order valence-corrected chi connectivity index (χ4v) is 3.66. The first-order valence-corrected chi connectivity index (χ1v) is 7.41. The zero-order valence-electron chi connectivity index (χ0n) is 10.6. The van der Waals surface area contributed by atoms with Gasteiger partial charge in [-0.15, -0.1) is 11.3 Å². The van der Waals surface area contributed by atoms with Gasteiger partial charge in [-0.05, 0) is 40.3 Å². The van der Waals surface area contributed by atoms with Crippen molar-refractivity contribution in [3.05, 3.63) is 68.9 Å². The van der Waals surface area contributed by atoms with Gasteiger partial charge in [-0.25, -0.2) is 0 Å². The van der Waals surface area contributed by atoms with E-state index in [9.17, 15) is 0 Å². The average Bonchev–Trinajstić information content (AvgIpc) is 2.84. The SMILES string of the molecule is Cc1ccc2ccccc2c1C(N)c1sccc1Cl. The van der Waals surface area contributed by atoms with Crippen LogP contribution in [0.4, 0.5) is 0 Å². The predicted octanol–water partition coefficient (Wildman–Crippen LogP) is 4.91. The number of thiophene rings is 1. The maximum Gasteiger partial charge on any atom is 0.0669 e. The van der Waals surface area contributed by atoms with E-state index in [2.05, 4.69) is 31.2 Å². The standard InChI is InChI=1S/C16H14ClNS/c1-10-6-7-11-4-2-3-5-12(11)14(10)15(18)16-13(17)8-9-19-16/h2-9,15H,18H2,1H3. The Labute approximate surface area is 121 Å². The smallest absolute Gasteiger partial charge is 0.0669 e. The number of hydrogen-bond acceptors (Lipinski definition) is 2. The summed E-state index contributed by atoms with van der Waals surface area (Å²) in [6.45, 7) is 2.10. The van der Waals surface area contributed by atoms with Crippen molar-refractivity contribution in [3.8, 4) is 0 Å². The van der Waals surface area contributed by atoms with Crippen LogP contribution in [0.25, 0.3) is 10.8 Å². The Bertz CT molecular complexity index is 732. The van der Waals surface area contributed by atoms with E-state index in [1.54, 1.807) is 11.3 Å². The van der Waals surface area contributed by atoms with Gasteiger partial charge in [0.1, 0.15) is 0 Å². The highest BCUT2D eigenvalue weighted by Gasteiger charge is 2.18. The van der Waals surface area contributed by atoms with E-state index in [1.807, 2.05) is 23.6 Å². The molecule has 0 aliphatic heterocycles. The molecule has 1 aromatic heterocycles. The van der Waals surface area contributed by atoms with Crippen molar-refractivity contribution in [3.63, 3.8) is 0 Å². The van der Waals surface area contributed by atoms with Crippen LogP contribution < -0.4 is 5.73 Å². The van der Waals surface area contributed by atoms with Gasteiger partial charge < -0.3 is 5.73 Å². The fourth-order valence-electron chi connectivity index (χ4n) is 2.48. The Morgan fingerprint density at radius 3 is 2.63 bits per heavy atom. The maximum atomic E-state index is 6.45. The van der Waals surface area contributed by atoms with Crippen LogP contribution in [0.5, 0.6) is 0 Å². The third-order valence-electron chi connectivity index (χ3n) is 3.43. The van der Waals surface area contributed by atoms with E-state index in [1.165, 1.54) is 21.9 Å². The molecule has 0 saturated carbocycles. The van der Waals surface area contributed by atoms with Gasteiger partial charge in [-0.1, -0.05) is 48.0 Å². The number of hydrogen-bond donors (Lipinski definition) is 1. The molecule has 3 heteroatoms. The van der Waals surface area contributed by atoms with E-state index in [0.29, 0.717) is 0 Å². The molecule has 1 nitrogen and oxygen atoms in total. The second-order valence-corrected chi connectivity index (χ2v) is 5.98. The van der Waals surface area contributed by atoms with Crippen molar-refractivity contribution < 1.29 is 0 Å². The molecule has 2 N–H and O–H groups in total. The van der Waals surface area contributed by atoms with E-state index in [0.717, 1.165) is 9.90 Å². The molecule has 3 aromatic rings. The van der Waals surface area contributed by atoms with Gasteiger partial charge in [0.25, 0.3) is 0 Å². The molecule has 1 heterocycles. The minimum Gasteiger partial charge on any atom is -0.320 e. The van der Waals surface area contributed by atoms with E-state index in [-0.39, 0.29) is 6.04 Å². The summed E-state index contributed by atoms with van der Waals surface area (Å²) in [6.07, 6.45) is 0. The van der Waals surface area contributed by atoms with Gasteiger partial charge in [0, 0.05) is 4.88 Å². The second kappa shape index (κ2) is 4.97. The quantitative estimate of drug-likeness (QED) is 0.712. The first-order valence-electron chi connectivity index (χ1n) is 6.15. The Morgan fingerprint density at radius 1 is 1.11 bits per heavy atom. The summed E-state index contributed by atoms with van der Waals surface area (Å²) in [5.41, 5.74) is 8.83. The number of benzene rings is 2. The third-order valence-corrected chi connectivity index (χ3v) is 4.87. The number of halogens is 1. The molecule has 2 aromatic carbocycles. The highest BCUT2D eigenvalue weighted by atomic mass is 35.5. The van der Waals surface area contributed by atoms with Gasteiger partial charge in [-0.2, -0.15) is 0 Å². The molecule has 1 unspecified atom stereocenters. The largest absolute Gasteiger partial charge is 0.320 e. The lowest BCUT2D eigenvalue weighted by molar-refractivity contribution is 0.893. The van der Waals surface area contributed by atoms with Crippen molar-refractivity contribution in [2.24, 2.45) is 5.73 Å². The lowest BCUT2D eigenvalue weighted by Crippen LogP contribution is -2.12. The van der Waals surface area contributed by atoms with Gasteiger partial charge in [-0.3, -0.25) is 0 Å². The van der Waals surface area contributed by atoms with Crippen LogP contribution in [0.1, 0.15) is 22.0 Å². The Balaban J connectivity index is 2.24. The van der Waals surface area contributed by atoms with Crippen LogP contribution in [0.3, 0.4) is 0 Å². The molecule has 0 spiro atoms. The highest BCUT2D eigenvalue weighted by molar-refractivity contribution is 7.10. The van der Waals surface area contributed by atoms with Crippen LogP contribution in [-0.4, -0.2) is 0 Å². The van der Waals surface area contributed by atoms with Gasteiger partial charge in [0.15, 0.2) is 0 Å². The summed E-state index contributed by atoms with van der Waals surface area (Å²) >= 11 is 7.83. The van der Waals surface area contributed by atoms with E-state index < -0.39 is 0 Å². The molecule has 0 saturated heterocycles. The van der Waals surface area contributed by atoms with Crippen molar-refractivity contribution in [1.82, 2.24) is 0 Å². The molecular weight excluding hydrogens is 274 g/mol. The summed E-state index contributed by atoms with van der Waals surface area (Å²) in [5, 5.41) is 5.16. The summed E-state index contributed by atoms with van der Waals surface area (Å²) in [6, 6.07) is 14.3. The lowest BCUT2D eigenvalue weighted by atomic mass is 9.94. The van der Waals surface area contributed by atoms with Crippen LogP contribution in [0, 0.1) is 6.92 Å². The van der Waals surface area contributed by atoms with Gasteiger partial charge >= 0.3 is 0 Å². The fraction of sp³-hybridized carbons (Fsp3) is 0.125. The number of aryl methyl sites for hydroxylation is 1. The predicted molar refractivity (Wildman–Crippen MR) is 84.0 cm³/mol. The van der Waals surface area contributed by atoms with Crippen LogP contribution in [-0.2, 0) is 0 Å². The molecule has 0 fully saturated rings. The molecular formula is C16H14ClNS. The summed E-state index contributed by atoms with van der Waals surface area (Å²) in [4.78, 5) is 1.03. The number of nitrogens with two attached hydrogens (primary N) is 1. The van der Waals surface area contributed by atoms with Crippen molar-refractivity contribution in [2.45, 2.75) is 13.0 Å². The van der Waals surface area contributed by atoms with Crippen molar-refractivity contribution >= 4 is 33.7 Å². The second-order valence-electron chi connectivity index (χ2n) is 4.63. The highest BCUT2D eigenvalue weighted by Crippen LogP contribution is 2.35. The minimum absolute atomic E-state index is 0.168. The third kappa shape index (κ3) is 2.16. The first-order chi connectivity index (χ1) is 9.18. The average molecular weight is 288 g/mol. The molecule has 96 valence electrons. The van der Waals surface area contributed by atoms with Crippen molar-refractivity contribution in [1.29, 1.82) is 0 Å². The van der Waals surface area contributed by atoms with E-state index >= 15 is 0 Å². The zero-order chi connectivity index (χ0) is 13.4. The monoisotopic (exact) mass is 287 g/mol. The number of fused-ring (bicyclic) bond motifs is 1. The zero-order valence-corrected chi connectivity index (χ0v) is 12.1. The molecule has 0 bridgehead atoms. The topological polar surface area (TPSA) is 26.0 Å². The summed E-state index contributed by atoms with van der Waals surface area (Å²) in [5.74, 6) is 0. The molecule has 0 amide bonds. The molecule has 0 aliphatic carbocycles. The molecule has 3 rings (SSSR count). The number of rotatable bonds is 2. The minimum atomic E-state index is -0.168. The Morgan fingerprint density at radius 2 is 1.89 bits per heavy atom. The lowest BCUT2D eigenvalue weighted by Gasteiger charge is -2.17. The van der Waals surface area contributed by atoms with Crippen LogP contribution in [0.15, 0.2) is 47.8 Å².